The summed E-state index contributed by atoms with van der Waals surface area (Å²) in [6, 6.07) is -0.643. The van der Waals surface area contributed by atoms with Gasteiger partial charge in [0, 0.05) is 19.1 Å². The maximum Gasteiger partial charge on any atom is 0.315 e. The number of hydrogen-bond donors (Lipinski definition) is 3. The van der Waals surface area contributed by atoms with Gasteiger partial charge in [-0.2, -0.15) is 0 Å². The molecule has 1 aliphatic rings. The van der Waals surface area contributed by atoms with Crippen molar-refractivity contribution in [3.8, 4) is 0 Å². The zero-order chi connectivity index (χ0) is 15.9. The molecule has 1 fully saturated rings. The van der Waals surface area contributed by atoms with Crippen LogP contribution in [0.5, 0.6) is 0 Å². The summed E-state index contributed by atoms with van der Waals surface area (Å²) in [5.74, 6) is -0.850. The van der Waals surface area contributed by atoms with Gasteiger partial charge < -0.3 is 25.4 Å². The van der Waals surface area contributed by atoms with E-state index in [2.05, 4.69) is 10.6 Å². The molecule has 0 aromatic rings. The van der Waals surface area contributed by atoms with E-state index in [0.717, 1.165) is 13.0 Å². The van der Waals surface area contributed by atoms with Gasteiger partial charge in [-0.3, -0.25) is 4.79 Å². The number of hydrogen-bond acceptors (Lipinski definition) is 4. The molecule has 2 atom stereocenters. The lowest BCUT2D eigenvalue weighted by molar-refractivity contribution is -0.148. The molecule has 0 radical (unpaired) electrons. The van der Waals surface area contributed by atoms with Gasteiger partial charge in [0.1, 0.15) is 0 Å². The van der Waals surface area contributed by atoms with E-state index in [1.807, 2.05) is 19.0 Å². The average molecular weight is 301 g/mol. The molecule has 122 valence electrons. The number of aliphatic carboxylic acids is 1. The fourth-order valence-electron chi connectivity index (χ4n) is 2.45. The van der Waals surface area contributed by atoms with Crippen LogP contribution in [0.25, 0.3) is 0 Å². The normalized spacial score (nSPS) is 25.0. The van der Waals surface area contributed by atoms with Gasteiger partial charge in [-0.05, 0) is 33.9 Å². The van der Waals surface area contributed by atoms with E-state index in [1.54, 1.807) is 6.92 Å². The molecule has 0 bridgehead atoms. The zero-order valence-corrected chi connectivity index (χ0v) is 13.1. The number of carbonyl (C=O) groups excluding carboxylic acids is 1. The van der Waals surface area contributed by atoms with E-state index in [-0.39, 0.29) is 12.1 Å². The predicted molar refractivity (Wildman–Crippen MR) is 79.3 cm³/mol. The van der Waals surface area contributed by atoms with Gasteiger partial charge in [0.25, 0.3) is 0 Å². The minimum Gasteiger partial charge on any atom is -0.481 e. The quantitative estimate of drug-likeness (QED) is 0.568. The highest BCUT2D eigenvalue weighted by molar-refractivity contribution is 5.79. The summed E-state index contributed by atoms with van der Waals surface area (Å²) in [6.45, 7) is 4.01. The average Bonchev–Trinajstić information content (AvgIpc) is 2.76. The van der Waals surface area contributed by atoms with Crippen LogP contribution in [-0.2, 0) is 9.53 Å². The molecule has 0 saturated heterocycles. The predicted octanol–water partition coefficient (Wildman–Crippen LogP) is 0.507. The molecular formula is C14H27N3O4. The molecule has 7 nitrogen and oxygen atoms in total. The number of urea groups is 1. The molecule has 0 heterocycles. The van der Waals surface area contributed by atoms with Gasteiger partial charge >= 0.3 is 12.0 Å². The van der Waals surface area contributed by atoms with Gasteiger partial charge in [0.2, 0.25) is 0 Å². The first-order valence-electron chi connectivity index (χ1n) is 7.36. The molecule has 2 amide bonds. The van der Waals surface area contributed by atoms with Crippen molar-refractivity contribution in [2.75, 3.05) is 40.4 Å². The van der Waals surface area contributed by atoms with Crippen molar-refractivity contribution in [1.29, 1.82) is 0 Å². The Balaban J connectivity index is 2.20. The van der Waals surface area contributed by atoms with Crippen LogP contribution in [0.15, 0.2) is 0 Å². The lowest BCUT2D eigenvalue weighted by atomic mass is 9.85. The van der Waals surface area contributed by atoms with Gasteiger partial charge in [0.05, 0.1) is 18.6 Å². The lowest BCUT2D eigenvalue weighted by Crippen LogP contribution is -2.50. The Morgan fingerprint density at radius 1 is 1.38 bits per heavy atom. The molecule has 7 heteroatoms. The highest BCUT2D eigenvalue weighted by Gasteiger charge is 2.45. The van der Waals surface area contributed by atoms with E-state index >= 15 is 0 Å². The van der Waals surface area contributed by atoms with Crippen LogP contribution < -0.4 is 10.6 Å². The van der Waals surface area contributed by atoms with E-state index in [1.165, 1.54) is 0 Å². The molecule has 21 heavy (non-hydrogen) atoms. The maximum absolute atomic E-state index is 11.8. The standard InChI is InChI=1S/C14H27N3O4/c1-14(12(18)19)6-4-5-11(14)16-13(20)15-7-9-21-10-8-17(2)3/h11H,4-10H2,1-3H3,(H,18,19)(H2,15,16,20). The summed E-state index contributed by atoms with van der Waals surface area (Å²) < 4.78 is 5.37. The number of likely N-dealkylation sites (N-methyl/N-ethyl adjacent to an activating group) is 1. The van der Waals surface area contributed by atoms with Crippen molar-refractivity contribution < 1.29 is 19.4 Å². The number of amides is 2. The van der Waals surface area contributed by atoms with Crippen LogP contribution >= 0.6 is 0 Å². The second-order valence-corrected chi connectivity index (χ2v) is 5.98. The number of rotatable bonds is 8. The van der Waals surface area contributed by atoms with Crippen LogP contribution in [0, 0.1) is 5.41 Å². The van der Waals surface area contributed by atoms with Crippen molar-refractivity contribution in [2.45, 2.75) is 32.2 Å². The number of nitrogens with zero attached hydrogens (tertiary/aromatic N) is 1. The number of carboxylic acids is 1. The molecule has 1 rings (SSSR count). The number of nitrogens with one attached hydrogen (secondary N) is 2. The summed E-state index contributed by atoms with van der Waals surface area (Å²) in [7, 11) is 3.94. The van der Waals surface area contributed by atoms with Gasteiger partial charge in [0.15, 0.2) is 0 Å². The molecule has 3 N–H and O–H groups in total. The van der Waals surface area contributed by atoms with Gasteiger partial charge in [-0.1, -0.05) is 6.42 Å². The Labute approximate surface area is 126 Å². The first-order chi connectivity index (χ1) is 9.86. The minimum atomic E-state index is -0.862. The van der Waals surface area contributed by atoms with E-state index < -0.39 is 11.4 Å². The summed E-state index contributed by atoms with van der Waals surface area (Å²) in [6.07, 6.45) is 2.12. The van der Waals surface area contributed by atoms with Crippen molar-refractivity contribution >= 4 is 12.0 Å². The fraction of sp³-hybridized carbons (Fsp3) is 0.857. The summed E-state index contributed by atoms with van der Waals surface area (Å²) >= 11 is 0. The lowest BCUT2D eigenvalue weighted by Gasteiger charge is -2.27. The summed E-state index contributed by atoms with van der Waals surface area (Å²) in [4.78, 5) is 25.1. The minimum absolute atomic E-state index is 0.315. The molecule has 0 spiro atoms. The highest BCUT2D eigenvalue weighted by atomic mass is 16.5. The molecule has 1 aliphatic carbocycles. The topological polar surface area (TPSA) is 90.9 Å². The molecule has 0 aromatic heterocycles. The third kappa shape index (κ3) is 5.51. The first-order valence-corrected chi connectivity index (χ1v) is 7.36. The zero-order valence-electron chi connectivity index (χ0n) is 13.1. The Bertz CT molecular complexity index is 362. The van der Waals surface area contributed by atoms with Crippen LogP contribution in [0.4, 0.5) is 4.79 Å². The van der Waals surface area contributed by atoms with Gasteiger partial charge in [-0.15, -0.1) is 0 Å². The van der Waals surface area contributed by atoms with Crippen LogP contribution in [0.3, 0.4) is 0 Å². The molecular weight excluding hydrogens is 274 g/mol. The summed E-state index contributed by atoms with van der Waals surface area (Å²) in [5, 5.41) is 14.7. The molecule has 2 unspecified atom stereocenters. The number of carboxylic acid groups (broad SMARTS) is 1. The van der Waals surface area contributed by atoms with Crippen molar-refractivity contribution in [1.82, 2.24) is 15.5 Å². The number of carbonyl (C=O) groups is 2. The van der Waals surface area contributed by atoms with Crippen molar-refractivity contribution in [2.24, 2.45) is 5.41 Å². The Hall–Kier alpha value is -1.34. The Morgan fingerprint density at radius 2 is 2.10 bits per heavy atom. The smallest absolute Gasteiger partial charge is 0.315 e. The van der Waals surface area contributed by atoms with Crippen LogP contribution in [0.2, 0.25) is 0 Å². The van der Waals surface area contributed by atoms with Crippen molar-refractivity contribution in [3.63, 3.8) is 0 Å². The first kappa shape index (κ1) is 17.7. The Kier molecular flexibility index (Phi) is 6.91. The molecule has 0 aromatic carbocycles. The molecule has 1 saturated carbocycles. The third-order valence-electron chi connectivity index (χ3n) is 3.97. The highest BCUT2D eigenvalue weighted by Crippen LogP contribution is 2.38. The monoisotopic (exact) mass is 301 g/mol. The SMILES string of the molecule is CN(C)CCOCCNC(=O)NC1CCCC1(C)C(=O)O. The third-order valence-corrected chi connectivity index (χ3v) is 3.97. The number of ether oxygens (including phenoxy) is 1. The van der Waals surface area contributed by atoms with E-state index in [0.29, 0.717) is 32.6 Å². The fourth-order valence-corrected chi connectivity index (χ4v) is 2.45. The van der Waals surface area contributed by atoms with Gasteiger partial charge in [-0.25, -0.2) is 4.79 Å². The largest absolute Gasteiger partial charge is 0.481 e. The van der Waals surface area contributed by atoms with E-state index in [9.17, 15) is 14.7 Å². The van der Waals surface area contributed by atoms with Crippen LogP contribution in [-0.4, -0.2) is 68.4 Å². The van der Waals surface area contributed by atoms with Crippen LogP contribution in [0.1, 0.15) is 26.2 Å². The summed E-state index contributed by atoms with van der Waals surface area (Å²) in [5.41, 5.74) is -0.862. The van der Waals surface area contributed by atoms with Crippen molar-refractivity contribution in [3.05, 3.63) is 0 Å². The molecule has 0 aliphatic heterocycles. The van der Waals surface area contributed by atoms with E-state index in [4.69, 9.17) is 4.74 Å². The maximum atomic E-state index is 11.8. The second kappa shape index (κ2) is 8.19. The second-order valence-electron chi connectivity index (χ2n) is 5.98. The Morgan fingerprint density at radius 3 is 2.71 bits per heavy atom.